The van der Waals surface area contributed by atoms with E-state index >= 15 is 0 Å². The summed E-state index contributed by atoms with van der Waals surface area (Å²) < 4.78 is 2.13. The molecule has 1 aliphatic rings. The van der Waals surface area contributed by atoms with Crippen LogP contribution in [-0.2, 0) is 12.0 Å². The number of nitrogens with zero attached hydrogens (tertiary/aromatic N) is 5. The molecule has 0 N–H and O–H groups in total. The van der Waals surface area contributed by atoms with Crippen LogP contribution in [-0.4, -0.2) is 32.8 Å². The van der Waals surface area contributed by atoms with Crippen molar-refractivity contribution >= 4 is 16.7 Å². The van der Waals surface area contributed by atoms with Gasteiger partial charge >= 0.3 is 0 Å². The minimum atomic E-state index is -0.658. The summed E-state index contributed by atoms with van der Waals surface area (Å²) in [5, 5.41) is 6.19. The number of fused-ring (bicyclic) bond motifs is 1. The van der Waals surface area contributed by atoms with Crippen LogP contribution in [0.3, 0.4) is 0 Å². The molecule has 0 radical (unpaired) electrons. The lowest BCUT2D eigenvalue weighted by atomic mass is 9.77. The molecule has 0 amide bonds. The molecule has 5 heteroatoms. The van der Waals surface area contributed by atoms with E-state index in [1.54, 1.807) is 6.33 Å². The van der Waals surface area contributed by atoms with E-state index in [0.29, 0.717) is 5.92 Å². The number of aromatic nitrogens is 4. The van der Waals surface area contributed by atoms with E-state index in [1.165, 1.54) is 11.1 Å². The Bertz CT molecular complexity index is 2020. The van der Waals surface area contributed by atoms with Gasteiger partial charge in [-0.15, -0.1) is 0 Å². The maximum Gasteiger partial charge on any atom is 0.139 e. The lowest BCUT2D eigenvalue weighted by Gasteiger charge is -2.36. The van der Waals surface area contributed by atoms with Gasteiger partial charge in [0.2, 0.25) is 0 Å². The normalized spacial score (nSPS) is 14.0. The largest absolute Gasteiger partial charge is 0.356 e. The van der Waals surface area contributed by atoms with Crippen LogP contribution in [0.4, 0.5) is 5.82 Å². The first kappa shape index (κ1) is 29.8. The molecule has 0 bridgehead atoms. The summed E-state index contributed by atoms with van der Waals surface area (Å²) in [5.74, 6) is 1.60. The summed E-state index contributed by atoms with van der Waals surface area (Å²) >= 11 is 0. The van der Waals surface area contributed by atoms with Gasteiger partial charge in [0.15, 0.2) is 0 Å². The predicted octanol–water partition coefficient (Wildman–Crippen LogP) is 9.28. The molecule has 1 saturated heterocycles. The minimum Gasteiger partial charge on any atom is -0.356 e. The standard InChI is InChI=1S/C43H39N5/c1-2-32-18-20-33(21-19-32)34-24-26-47(27-25-34)42-40-28-35(22-23-41(40)44-31-45-42)36-29-46-48(30-36)43(37-12-6-3-7-13-37,38-14-8-4-9-15-38)39-16-10-5-11-17-39/h3-23,28-31,34H,2,24-27H2,1H3. The van der Waals surface area contributed by atoms with E-state index in [9.17, 15) is 0 Å². The third kappa shape index (κ3) is 5.35. The molecule has 0 aliphatic carbocycles. The summed E-state index contributed by atoms with van der Waals surface area (Å²) in [6, 6.07) is 47.8. The zero-order valence-corrected chi connectivity index (χ0v) is 27.3. The molecule has 8 rings (SSSR count). The van der Waals surface area contributed by atoms with Gasteiger partial charge in [0.1, 0.15) is 17.7 Å². The molecule has 1 fully saturated rings. The molecule has 5 aromatic carbocycles. The van der Waals surface area contributed by atoms with Gasteiger partial charge in [-0.1, -0.05) is 128 Å². The Hall–Kier alpha value is -5.55. The number of hydrogen-bond acceptors (Lipinski definition) is 4. The first-order valence-corrected chi connectivity index (χ1v) is 17.0. The van der Waals surface area contributed by atoms with Gasteiger partial charge in [-0.25, -0.2) is 9.97 Å². The van der Waals surface area contributed by atoms with Crippen molar-refractivity contribution in [2.75, 3.05) is 18.0 Å². The van der Waals surface area contributed by atoms with Crippen molar-refractivity contribution in [2.45, 2.75) is 37.6 Å². The molecular weight excluding hydrogens is 587 g/mol. The van der Waals surface area contributed by atoms with Gasteiger partial charge < -0.3 is 4.90 Å². The molecule has 3 heterocycles. The maximum atomic E-state index is 5.11. The fraction of sp³-hybridized carbons (Fsp3) is 0.186. The highest BCUT2D eigenvalue weighted by molar-refractivity contribution is 5.92. The number of benzene rings is 5. The Morgan fingerprint density at radius 3 is 1.85 bits per heavy atom. The number of piperidine rings is 1. The van der Waals surface area contributed by atoms with Gasteiger partial charge in [0.25, 0.3) is 0 Å². The molecule has 7 aromatic rings. The van der Waals surface area contributed by atoms with Crippen LogP contribution >= 0.6 is 0 Å². The van der Waals surface area contributed by atoms with E-state index in [2.05, 4.69) is 161 Å². The first-order chi connectivity index (χ1) is 23.7. The maximum absolute atomic E-state index is 5.11. The Morgan fingerprint density at radius 1 is 0.667 bits per heavy atom. The second kappa shape index (κ2) is 12.9. The summed E-state index contributed by atoms with van der Waals surface area (Å²) in [5.41, 5.74) is 8.75. The van der Waals surface area contributed by atoms with Crippen molar-refractivity contribution in [3.8, 4) is 11.1 Å². The number of hydrogen-bond donors (Lipinski definition) is 0. The average molecular weight is 626 g/mol. The van der Waals surface area contributed by atoms with Crippen LogP contribution in [0, 0.1) is 0 Å². The van der Waals surface area contributed by atoms with E-state index in [0.717, 1.165) is 76.9 Å². The molecule has 5 nitrogen and oxygen atoms in total. The second-order valence-corrected chi connectivity index (χ2v) is 12.8. The average Bonchev–Trinajstić information content (AvgIpc) is 3.67. The number of anilines is 1. The molecule has 0 atom stereocenters. The highest BCUT2D eigenvalue weighted by Crippen LogP contribution is 2.41. The van der Waals surface area contributed by atoms with E-state index in [1.807, 2.05) is 6.20 Å². The molecule has 2 aromatic heterocycles. The predicted molar refractivity (Wildman–Crippen MR) is 195 cm³/mol. The topological polar surface area (TPSA) is 46.8 Å². The number of rotatable bonds is 8. The summed E-state index contributed by atoms with van der Waals surface area (Å²) in [6.45, 7) is 4.16. The van der Waals surface area contributed by atoms with Gasteiger partial charge in [-0.05, 0) is 70.7 Å². The van der Waals surface area contributed by atoms with E-state index in [4.69, 9.17) is 10.1 Å². The van der Waals surface area contributed by atoms with Crippen LogP contribution in [0.15, 0.2) is 152 Å². The van der Waals surface area contributed by atoms with Crippen LogP contribution in [0.1, 0.15) is 53.5 Å². The van der Waals surface area contributed by atoms with Crippen molar-refractivity contribution in [3.63, 3.8) is 0 Å². The Kier molecular flexibility index (Phi) is 8.03. The quantitative estimate of drug-likeness (QED) is 0.158. The molecular formula is C43H39N5. The molecule has 1 aliphatic heterocycles. The van der Waals surface area contributed by atoms with Crippen LogP contribution in [0.5, 0.6) is 0 Å². The Labute approximate surface area is 282 Å². The lowest BCUT2D eigenvalue weighted by molar-refractivity contribution is 0.460. The van der Waals surface area contributed by atoms with Crippen molar-refractivity contribution < 1.29 is 0 Å². The third-order valence-electron chi connectivity index (χ3n) is 10.1. The molecule has 0 unspecified atom stereocenters. The Balaban J connectivity index is 1.16. The Morgan fingerprint density at radius 2 is 1.27 bits per heavy atom. The van der Waals surface area contributed by atoms with Gasteiger partial charge in [0, 0.05) is 30.2 Å². The van der Waals surface area contributed by atoms with Crippen LogP contribution in [0.2, 0.25) is 0 Å². The highest BCUT2D eigenvalue weighted by atomic mass is 15.3. The summed E-state index contributed by atoms with van der Waals surface area (Å²) in [4.78, 5) is 11.9. The minimum absolute atomic E-state index is 0.584. The highest BCUT2D eigenvalue weighted by Gasteiger charge is 2.39. The fourth-order valence-electron chi connectivity index (χ4n) is 7.51. The number of aryl methyl sites for hydroxylation is 1. The van der Waals surface area contributed by atoms with Crippen molar-refractivity contribution in [2.24, 2.45) is 0 Å². The first-order valence-electron chi connectivity index (χ1n) is 17.0. The lowest BCUT2D eigenvalue weighted by Crippen LogP contribution is -2.38. The van der Waals surface area contributed by atoms with E-state index in [-0.39, 0.29) is 0 Å². The SMILES string of the molecule is CCc1ccc(C2CCN(c3ncnc4ccc(-c5cnn(C(c6ccccc6)(c6ccccc6)c6ccccc6)c5)cc34)CC2)cc1. The van der Waals surface area contributed by atoms with Crippen molar-refractivity contribution in [1.29, 1.82) is 0 Å². The third-order valence-corrected chi connectivity index (χ3v) is 10.1. The van der Waals surface area contributed by atoms with Crippen molar-refractivity contribution in [1.82, 2.24) is 19.7 Å². The van der Waals surface area contributed by atoms with Gasteiger partial charge in [0.05, 0.1) is 11.7 Å². The van der Waals surface area contributed by atoms with Crippen LogP contribution < -0.4 is 4.90 Å². The van der Waals surface area contributed by atoms with E-state index < -0.39 is 5.54 Å². The zero-order valence-electron chi connectivity index (χ0n) is 27.3. The zero-order chi connectivity index (χ0) is 32.3. The molecule has 0 saturated carbocycles. The summed E-state index contributed by atoms with van der Waals surface area (Å²) in [6.07, 6.45) is 9.19. The van der Waals surface area contributed by atoms with Crippen LogP contribution in [0.25, 0.3) is 22.0 Å². The fourth-order valence-corrected chi connectivity index (χ4v) is 7.51. The summed E-state index contributed by atoms with van der Waals surface area (Å²) in [7, 11) is 0. The van der Waals surface area contributed by atoms with Crippen molar-refractivity contribution in [3.05, 3.63) is 180 Å². The molecule has 236 valence electrons. The molecule has 48 heavy (non-hydrogen) atoms. The smallest absolute Gasteiger partial charge is 0.139 e. The molecule has 0 spiro atoms. The second-order valence-electron chi connectivity index (χ2n) is 12.8. The van der Waals surface area contributed by atoms with Gasteiger partial charge in [-0.3, -0.25) is 4.68 Å². The monoisotopic (exact) mass is 625 g/mol. The van der Waals surface area contributed by atoms with Gasteiger partial charge in [-0.2, -0.15) is 5.10 Å².